The van der Waals surface area contributed by atoms with E-state index in [0.29, 0.717) is 25.2 Å². The van der Waals surface area contributed by atoms with E-state index in [-0.39, 0.29) is 40.5 Å². The van der Waals surface area contributed by atoms with Gasteiger partial charge < -0.3 is 14.9 Å². The van der Waals surface area contributed by atoms with Crippen LogP contribution in [0.2, 0.25) is 5.02 Å². The molecule has 2 aliphatic rings. The summed E-state index contributed by atoms with van der Waals surface area (Å²) in [6.07, 6.45) is 0. The molecule has 2 saturated heterocycles. The Morgan fingerprint density at radius 2 is 1.86 bits per heavy atom. The molecule has 2 aromatic carbocycles. The normalized spacial score (nSPS) is 23.8. The molecule has 0 bridgehead atoms. The second-order valence-corrected chi connectivity index (χ2v) is 8.18. The van der Waals surface area contributed by atoms with E-state index >= 15 is 0 Å². The van der Waals surface area contributed by atoms with Crippen LogP contribution in [0, 0.1) is 18.8 Å². The number of halogens is 1. The van der Waals surface area contributed by atoms with Crippen molar-refractivity contribution < 1.29 is 14.7 Å². The lowest BCUT2D eigenvalue weighted by atomic mass is 9.87. The van der Waals surface area contributed by atoms with Crippen LogP contribution in [0.25, 0.3) is 0 Å². The Labute approximate surface area is 169 Å². The van der Waals surface area contributed by atoms with Gasteiger partial charge in [0.15, 0.2) is 0 Å². The van der Waals surface area contributed by atoms with Gasteiger partial charge in [-0.25, -0.2) is 0 Å². The third-order valence-electron chi connectivity index (χ3n) is 6.06. The molecule has 0 saturated carbocycles. The topological polar surface area (TPSA) is 60.9 Å². The first-order chi connectivity index (χ1) is 13.4. The summed E-state index contributed by atoms with van der Waals surface area (Å²) in [7, 11) is 0. The first-order valence-corrected chi connectivity index (χ1v) is 9.85. The van der Waals surface area contributed by atoms with Crippen molar-refractivity contribution in [2.45, 2.75) is 19.9 Å². The van der Waals surface area contributed by atoms with Crippen LogP contribution in [0.5, 0.6) is 5.75 Å². The fraction of sp³-hybridized carbons (Fsp3) is 0.364. The Bertz CT molecular complexity index is 945. The second-order valence-electron chi connectivity index (χ2n) is 7.77. The molecule has 2 amide bonds. The summed E-state index contributed by atoms with van der Waals surface area (Å²) in [5.41, 5.74) is 2.74. The molecule has 0 aromatic heterocycles. The number of hydrogen-bond donors (Lipinski definition) is 1. The van der Waals surface area contributed by atoms with Crippen LogP contribution in [-0.2, 0) is 4.79 Å². The Kier molecular flexibility index (Phi) is 4.79. The molecule has 0 aliphatic carbocycles. The Hall–Kier alpha value is -2.53. The van der Waals surface area contributed by atoms with Gasteiger partial charge in [-0.15, -0.1) is 0 Å². The monoisotopic (exact) mass is 398 g/mol. The zero-order chi connectivity index (χ0) is 20.0. The summed E-state index contributed by atoms with van der Waals surface area (Å²) in [5, 5.41) is 10.1. The summed E-state index contributed by atoms with van der Waals surface area (Å²) in [5.74, 6) is 0.322. The maximum absolute atomic E-state index is 13.0. The second kappa shape index (κ2) is 7.13. The molecule has 2 aliphatic heterocycles. The van der Waals surface area contributed by atoms with Crippen LogP contribution in [-0.4, -0.2) is 46.4 Å². The Morgan fingerprint density at radius 3 is 2.54 bits per heavy atom. The average Bonchev–Trinajstić information content (AvgIpc) is 3.22. The van der Waals surface area contributed by atoms with Crippen LogP contribution in [0.3, 0.4) is 0 Å². The fourth-order valence-corrected chi connectivity index (χ4v) is 4.80. The molecule has 28 heavy (non-hydrogen) atoms. The average molecular weight is 399 g/mol. The summed E-state index contributed by atoms with van der Waals surface area (Å²) in [4.78, 5) is 29.0. The lowest BCUT2D eigenvalue weighted by Gasteiger charge is -2.30. The van der Waals surface area contributed by atoms with E-state index in [1.807, 2.05) is 21.9 Å². The van der Waals surface area contributed by atoms with Crippen molar-refractivity contribution in [3.8, 4) is 5.75 Å². The number of rotatable bonds is 2. The predicted molar refractivity (Wildman–Crippen MR) is 107 cm³/mol. The number of phenolic OH excluding ortho intramolecular Hbond substituents is 1. The molecule has 0 unspecified atom stereocenters. The largest absolute Gasteiger partial charge is 0.506 e. The van der Waals surface area contributed by atoms with Crippen LogP contribution in [0.4, 0.5) is 0 Å². The minimum Gasteiger partial charge on any atom is -0.506 e. The Morgan fingerprint density at radius 1 is 1.11 bits per heavy atom. The summed E-state index contributed by atoms with van der Waals surface area (Å²) >= 11 is 5.86. The molecule has 4 rings (SSSR count). The quantitative estimate of drug-likeness (QED) is 0.840. The summed E-state index contributed by atoms with van der Waals surface area (Å²) < 4.78 is 0. The maximum Gasteiger partial charge on any atom is 0.254 e. The Balaban J connectivity index is 1.61. The number of amides is 2. The number of benzene rings is 2. The first-order valence-electron chi connectivity index (χ1n) is 9.47. The number of phenols is 1. The van der Waals surface area contributed by atoms with E-state index in [0.717, 1.165) is 11.1 Å². The highest BCUT2D eigenvalue weighted by atomic mass is 35.5. The van der Waals surface area contributed by atoms with Gasteiger partial charge in [-0.1, -0.05) is 35.9 Å². The third-order valence-corrected chi connectivity index (χ3v) is 6.38. The van der Waals surface area contributed by atoms with Crippen molar-refractivity contribution in [3.63, 3.8) is 0 Å². The number of likely N-dealkylation sites (tertiary alicyclic amines) is 2. The van der Waals surface area contributed by atoms with Gasteiger partial charge in [-0.2, -0.15) is 0 Å². The van der Waals surface area contributed by atoms with E-state index in [1.165, 1.54) is 12.1 Å². The highest BCUT2D eigenvalue weighted by Gasteiger charge is 2.49. The minimum atomic E-state index is -0.112. The molecule has 2 heterocycles. The van der Waals surface area contributed by atoms with E-state index in [4.69, 9.17) is 11.6 Å². The van der Waals surface area contributed by atoms with Gasteiger partial charge in [0, 0.05) is 44.0 Å². The molecule has 146 valence electrons. The number of aryl methyl sites for hydroxylation is 1. The zero-order valence-electron chi connectivity index (χ0n) is 15.9. The van der Waals surface area contributed by atoms with Crippen LogP contribution < -0.4 is 0 Å². The highest BCUT2D eigenvalue weighted by molar-refractivity contribution is 6.32. The van der Waals surface area contributed by atoms with Crippen molar-refractivity contribution in [2.75, 3.05) is 19.6 Å². The molecular formula is C22H23ClN2O3. The third kappa shape index (κ3) is 3.14. The molecule has 0 spiro atoms. The van der Waals surface area contributed by atoms with Gasteiger partial charge in [0.1, 0.15) is 5.75 Å². The van der Waals surface area contributed by atoms with Gasteiger partial charge in [-0.3, -0.25) is 9.59 Å². The lowest BCUT2D eigenvalue weighted by molar-refractivity contribution is -0.130. The van der Waals surface area contributed by atoms with Crippen molar-refractivity contribution in [2.24, 2.45) is 11.8 Å². The van der Waals surface area contributed by atoms with Crippen molar-refractivity contribution in [1.29, 1.82) is 0 Å². The van der Waals surface area contributed by atoms with Crippen molar-refractivity contribution in [3.05, 3.63) is 64.2 Å². The zero-order valence-corrected chi connectivity index (χ0v) is 16.7. The highest BCUT2D eigenvalue weighted by Crippen LogP contribution is 2.46. The van der Waals surface area contributed by atoms with Crippen molar-refractivity contribution >= 4 is 23.4 Å². The van der Waals surface area contributed by atoms with Crippen molar-refractivity contribution in [1.82, 2.24) is 9.80 Å². The first kappa shape index (κ1) is 18.8. The maximum atomic E-state index is 13.0. The van der Waals surface area contributed by atoms with Gasteiger partial charge >= 0.3 is 0 Å². The van der Waals surface area contributed by atoms with E-state index in [9.17, 15) is 14.7 Å². The summed E-state index contributed by atoms with van der Waals surface area (Å²) in [6, 6.07) is 12.7. The predicted octanol–water partition coefficient (Wildman–Crippen LogP) is 3.65. The molecule has 2 aromatic rings. The molecule has 1 N–H and O–H groups in total. The summed E-state index contributed by atoms with van der Waals surface area (Å²) in [6.45, 7) is 5.55. The van der Waals surface area contributed by atoms with Gasteiger partial charge in [0.05, 0.1) is 11.1 Å². The van der Waals surface area contributed by atoms with Crippen LogP contribution in [0.1, 0.15) is 34.5 Å². The van der Waals surface area contributed by atoms with Gasteiger partial charge in [0.2, 0.25) is 5.91 Å². The van der Waals surface area contributed by atoms with Gasteiger partial charge in [0.25, 0.3) is 5.91 Å². The number of carbonyl (C=O) groups excluding carboxylic acids is 2. The molecule has 6 heteroatoms. The van der Waals surface area contributed by atoms with E-state index < -0.39 is 0 Å². The molecular weight excluding hydrogens is 376 g/mol. The standard InChI is InChI=1S/C22H23ClN2O3/c1-13-5-3-4-6-17(13)21-18-12-24(10-16(18)11-25(21)14(2)26)22(28)15-7-8-19(23)20(27)9-15/h3-9,16,18,21,27H,10-12H2,1-2H3/t16-,18-,21-/m1/s1. The molecule has 5 nitrogen and oxygen atoms in total. The number of fused-ring (bicyclic) bond motifs is 1. The van der Waals surface area contributed by atoms with E-state index in [2.05, 4.69) is 19.1 Å². The molecule has 2 fully saturated rings. The lowest BCUT2D eigenvalue weighted by Crippen LogP contribution is -2.36. The molecule has 0 radical (unpaired) electrons. The minimum absolute atomic E-state index is 0.0138. The fourth-order valence-electron chi connectivity index (χ4n) is 4.68. The molecule has 3 atom stereocenters. The SMILES string of the molecule is CC(=O)N1C[C@H]2CN(C(=O)c3ccc(Cl)c(O)c3)C[C@H]2[C@H]1c1ccccc1C. The van der Waals surface area contributed by atoms with Crippen LogP contribution >= 0.6 is 11.6 Å². The smallest absolute Gasteiger partial charge is 0.254 e. The van der Waals surface area contributed by atoms with E-state index in [1.54, 1.807) is 13.0 Å². The number of hydrogen-bond acceptors (Lipinski definition) is 3. The number of aromatic hydroxyl groups is 1. The number of nitrogens with zero attached hydrogens (tertiary/aromatic N) is 2. The van der Waals surface area contributed by atoms with Crippen LogP contribution in [0.15, 0.2) is 42.5 Å². The van der Waals surface area contributed by atoms with Gasteiger partial charge in [-0.05, 0) is 36.2 Å². The number of carbonyl (C=O) groups is 2.